The van der Waals surface area contributed by atoms with Crippen molar-refractivity contribution in [1.29, 1.82) is 0 Å². The largest absolute Gasteiger partial charge is 0.454 e. The lowest BCUT2D eigenvalue weighted by Crippen LogP contribution is -2.22. The molecule has 64 heavy (non-hydrogen) atoms. The summed E-state index contributed by atoms with van der Waals surface area (Å²) in [6.45, 7) is 3.51. The van der Waals surface area contributed by atoms with E-state index in [0.717, 1.165) is 11.1 Å². The number of anilines is 4. The highest BCUT2D eigenvalue weighted by molar-refractivity contribution is 6.15. The number of para-hydroxylation sites is 4. The maximum absolute atomic E-state index is 13.7. The molecule has 0 saturated carbocycles. The van der Waals surface area contributed by atoms with Crippen LogP contribution in [0.5, 0.6) is 0 Å². The summed E-state index contributed by atoms with van der Waals surface area (Å²) in [5, 5.41) is 10.9. The lowest BCUT2D eigenvalue weighted by molar-refractivity contribution is 0.0329. The number of nitrogens with one attached hydrogen (secondary N) is 4. The molecule has 4 amide bonds. The first kappa shape index (κ1) is 43.4. The minimum Gasteiger partial charge on any atom is -0.454 e. The second-order valence-electron chi connectivity index (χ2n) is 14.3. The van der Waals surface area contributed by atoms with Crippen molar-refractivity contribution in [2.75, 3.05) is 21.3 Å². The predicted molar refractivity (Wildman–Crippen MR) is 242 cm³/mol. The molecule has 0 aliphatic rings. The van der Waals surface area contributed by atoms with E-state index in [0.29, 0.717) is 0 Å². The second kappa shape index (κ2) is 20.2. The molecule has 0 radical (unpaired) electrons. The van der Waals surface area contributed by atoms with Gasteiger partial charge in [-0.3, -0.25) is 19.2 Å². The molecule has 2 atom stereocenters. The van der Waals surface area contributed by atoms with Crippen LogP contribution in [0.15, 0.2) is 176 Å². The fraction of sp³-hybridized carbons (Fsp3) is 0.0784. The van der Waals surface area contributed by atoms with E-state index in [4.69, 9.17) is 9.47 Å². The molecular weight excluding hydrogens is 811 g/mol. The van der Waals surface area contributed by atoms with Crippen molar-refractivity contribution < 1.29 is 38.2 Å². The maximum atomic E-state index is 13.7. The first-order valence-electron chi connectivity index (χ1n) is 20.2. The average Bonchev–Trinajstić information content (AvgIpc) is 3.32. The van der Waals surface area contributed by atoms with Crippen LogP contribution in [0.2, 0.25) is 0 Å². The van der Waals surface area contributed by atoms with Gasteiger partial charge in [0.2, 0.25) is 0 Å². The topological polar surface area (TPSA) is 182 Å². The van der Waals surface area contributed by atoms with Gasteiger partial charge >= 0.3 is 11.9 Å². The van der Waals surface area contributed by atoms with Gasteiger partial charge < -0.3 is 30.7 Å². The molecule has 0 aliphatic carbocycles. The summed E-state index contributed by atoms with van der Waals surface area (Å²) in [5.74, 6) is -3.93. The maximum Gasteiger partial charge on any atom is 0.340 e. The normalized spacial score (nSPS) is 11.5. The van der Waals surface area contributed by atoms with Gasteiger partial charge in [-0.05, 0) is 85.6 Å². The van der Waals surface area contributed by atoms with Gasteiger partial charge in [0.05, 0.1) is 45.0 Å². The summed E-state index contributed by atoms with van der Waals surface area (Å²) in [4.78, 5) is 85.2. The van der Waals surface area contributed by atoms with E-state index in [2.05, 4.69) is 26.3 Å². The molecule has 7 aromatic rings. The highest BCUT2D eigenvalue weighted by Gasteiger charge is 2.23. The smallest absolute Gasteiger partial charge is 0.340 e. The van der Waals surface area contributed by atoms with Crippen LogP contribution in [0.3, 0.4) is 0 Å². The zero-order valence-electron chi connectivity index (χ0n) is 34.6. The summed E-state index contributed by atoms with van der Waals surface area (Å²) in [6, 6.07) is 48.2. The van der Waals surface area contributed by atoms with Crippen LogP contribution < -0.4 is 21.3 Å². The molecule has 318 valence electrons. The average molecular weight is 852 g/mol. The van der Waals surface area contributed by atoms with E-state index in [1.165, 1.54) is 42.5 Å². The summed E-state index contributed by atoms with van der Waals surface area (Å²) in [6.07, 6.45) is -1.09. The summed E-state index contributed by atoms with van der Waals surface area (Å²) >= 11 is 0. The monoisotopic (exact) mass is 851 g/mol. The van der Waals surface area contributed by atoms with Crippen LogP contribution in [-0.4, -0.2) is 40.6 Å². The van der Waals surface area contributed by atoms with Crippen molar-refractivity contribution in [2.24, 2.45) is 0 Å². The van der Waals surface area contributed by atoms with Gasteiger partial charge in [0.15, 0.2) is 0 Å². The van der Waals surface area contributed by atoms with E-state index < -0.39 is 47.8 Å². The summed E-state index contributed by atoms with van der Waals surface area (Å²) in [5.41, 5.74) is 2.47. The van der Waals surface area contributed by atoms with Crippen LogP contribution in [0.25, 0.3) is 0 Å². The second-order valence-corrected chi connectivity index (χ2v) is 14.3. The van der Waals surface area contributed by atoms with Gasteiger partial charge in [0, 0.05) is 0 Å². The van der Waals surface area contributed by atoms with Crippen LogP contribution >= 0.6 is 0 Å². The molecule has 13 nitrogen and oxygen atoms in total. The fourth-order valence-corrected chi connectivity index (χ4v) is 6.59. The van der Waals surface area contributed by atoms with Crippen molar-refractivity contribution in [3.63, 3.8) is 0 Å². The zero-order valence-corrected chi connectivity index (χ0v) is 34.6. The standard InChI is InChI=1S/C51H41N5O8/c1-32(34-18-5-3-6-19-34)63-50(61)38-24-11-15-28-42(38)53-46(57)36-22-9-13-26-40(36)55-48(59)44-30-17-31-45(52-44)49(60)56-41-27-14-10-23-37(41)47(58)54-43-29-16-12-25-39(43)51(62)64-33(2)35-20-7-4-8-21-35/h3-33H,1-2H3,(H,53,57)(H,54,58)(H,55,59)(H,56,60)/t32-,33-/m1/s1. The number of ether oxygens (including phenoxy) is 2. The highest BCUT2D eigenvalue weighted by atomic mass is 16.5. The number of pyridine rings is 1. The molecule has 0 aliphatic heterocycles. The number of nitrogens with zero attached hydrogens (tertiary/aromatic N) is 1. The number of hydrogen-bond acceptors (Lipinski definition) is 9. The molecule has 4 N–H and O–H groups in total. The quantitative estimate of drug-likeness (QED) is 0.0774. The molecule has 0 fully saturated rings. The van der Waals surface area contributed by atoms with E-state index >= 15 is 0 Å². The molecule has 7 rings (SSSR count). The summed E-state index contributed by atoms with van der Waals surface area (Å²) < 4.78 is 11.4. The van der Waals surface area contributed by atoms with Gasteiger partial charge in [0.1, 0.15) is 23.6 Å². The van der Waals surface area contributed by atoms with Gasteiger partial charge in [-0.25, -0.2) is 14.6 Å². The number of rotatable bonds is 14. The highest BCUT2D eigenvalue weighted by Crippen LogP contribution is 2.26. The third-order valence-electron chi connectivity index (χ3n) is 9.95. The molecule has 13 heteroatoms. The number of aromatic nitrogens is 1. The molecular formula is C51H41N5O8. The van der Waals surface area contributed by atoms with E-state index in [9.17, 15) is 28.8 Å². The Balaban J connectivity index is 1.01. The Bertz CT molecular complexity index is 2660. The van der Waals surface area contributed by atoms with Crippen LogP contribution in [0.1, 0.15) is 99.6 Å². The van der Waals surface area contributed by atoms with Crippen LogP contribution in [0.4, 0.5) is 22.7 Å². The third-order valence-corrected chi connectivity index (χ3v) is 9.95. The Morgan fingerprint density at radius 2 is 0.656 bits per heavy atom. The molecule has 1 aromatic heterocycles. The van der Waals surface area contributed by atoms with Gasteiger partial charge in [-0.1, -0.05) is 115 Å². The van der Waals surface area contributed by atoms with Crippen molar-refractivity contribution in [1.82, 2.24) is 4.98 Å². The number of hydrogen-bond donors (Lipinski definition) is 4. The number of carbonyl (C=O) groups is 6. The number of amides is 4. The first-order valence-corrected chi connectivity index (χ1v) is 20.2. The fourth-order valence-electron chi connectivity index (χ4n) is 6.59. The van der Waals surface area contributed by atoms with Crippen LogP contribution in [-0.2, 0) is 9.47 Å². The van der Waals surface area contributed by atoms with E-state index in [-0.39, 0.29) is 56.4 Å². The predicted octanol–water partition coefficient (Wildman–Crippen LogP) is 9.93. The SMILES string of the molecule is C[C@@H](OC(=O)c1ccccc1NC(=O)c1ccccc1NC(=O)c1cccc(C(=O)Nc2ccccc2C(=O)Nc2ccccc2C(=O)O[C@H](C)c2ccccc2)n1)c1ccccc1. The van der Waals surface area contributed by atoms with Crippen molar-refractivity contribution in [3.05, 3.63) is 221 Å². The molecule has 0 bridgehead atoms. The van der Waals surface area contributed by atoms with Gasteiger partial charge in [-0.15, -0.1) is 0 Å². The van der Waals surface area contributed by atoms with Gasteiger partial charge in [0.25, 0.3) is 23.6 Å². The molecule has 1 heterocycles. The molecule has 0 spiro atoms. The Hall–Kier alpha value is -8.71. The van der Waals surface area contributed by atoms with Gasteiger partial charge in [-0.2, -0.15) is 0 Å². The Kier molecular flexibility index (Phi) is 13.7. The lowest BCUT2D eigenvalue weighted by atomic mass is 10.1. The summed E-state index contributed by atoms with van der Waals surface area (Å²) in [7, 11) is 0. The minimum atomic E-state index is -0.719. The Labute approximate surface area is 368 Å². The molecule has 6 aromatic carbocycles. The van der Waals surface area contributed by atoms with E-state index in [1.54, 1.807) is 86.6 Å². The number of esters is 2. The third kappa shape index (κ3) is 10.6. The van der Waals surface area contributed by atoms with Crippen LogP contribution in [0, 0.1) is 0 Å². The van der Waals surface area contributed by atoms with Crippen molar-refractivity contribution >= 4 is 58.3 Å². The van der Waals surface area contributed by atoms with E-state index in [1.807, 2.05) is 60.7 Å². The zero-order chi connectivity index (χ0) is 45.0. The van der Waals surface area contributed by atoms with Crippen molar-refractivity contribution in [3.8, 4) is 0 Å². The lowest BCUT2D eigenvalue weighted by Gasteiger charge is -2.16. The minimum absolute atomic E-state index is 0.0849. The van der Waals surface area contributed by atoms with Crippen molar-refractivity contribution in [2.45, 2.75) is 26.1 Å². The molecule has 0 unspecified atom stereocenters. The molecule has 0 saturated heterocycles. The Morgan fingerprint density at radius 1 is 0.359 bits per heavy atom. The Morgan fingerprint density at radius 3 is 1.03 bits per heavy atom. The number of carbonyl (C=O) groups excluding carboxylic acids is 6. The first-order chi connectivity index (χ1) is 31.0. The number of benzene rings is 6.